The molecule has 1 fully saturated rings. The van der Waals surface area contributed by atoms with Gasteiger partial charge in [0.2, 0.25) is 5.91 Å². The minimum absolute atomic E-state index is 0.0585. The minimum atomic E-state index is -0.110. The molecule has 1 N–H and O–H groups in total. The van der Waals surface area contributed by atoms with Crippen molar-refractivity contribution in [1.82, 2.24) is 9.97 Å². The fourth-order valence-electron chi connectivity index (χ4n) is 3.96. The Hall–Kier alpha value is -3.15. The largest absolute Gasteiger partial charge is 0.475 e. The third-order valence-corrected chi connectivity index (χ3v) is 5.71. The summed E-state index contributed by atoms with van der Waals surface area (Å²) >= 11 is 0. The van der Waals surface area contributed by atoms with Gasteiger partial charge in [-0.15, -0.1) is 0 Å². The van der Waals surface area contributed by atoms with E-state index in [0.717, 1.165) is 59.5 Å². The van der Waals surface area contributed by atoms with Crippen molar-refractivity contribution in [3.05, 3.63) is 53.6 Å². The highest BCUT2D eigenvalue weighted by Gasteiger charge is 2.29. The number of nitrogens with zero attached hydrogens (tertiary/aromatic N) is 3. The minimum Gasteiger partial charge on any atom is -0.475 e. The van der Waals surface area contributed by atoms with Gasteiger partial charge in [0.25, 0.3) is 5.88 Å². The molecule has 0 aliphatic carbocycles. The van der Waals surface area contributed by atoms with E-state index in [4.69, 9.17) is 14.7 Å². The third-order valence-electron chi connectivity index (χ3n) is 5.71. The first-order valence-electron chi connectivity index (χ1n) is 11.1. The number of carbonyl (C=O) groups is 1. The van der Waals surface area contributed by atoms with E-state index in [1.54, 1.807) is 0 Å². The summed E-state index contributed by atoms with van der Waals surface area (Å²) < 4.78 is 5.95. The van der Waals surface area contributed by atoms with Gasteiger partial charge in [0.15, 0.2) is 5.82 Å². The summed E-state index contributed by atoms with van der Waals surface area (Å²) in [5.41, 5.74) is 4.75. The Morgan fingerprint density at radius 3 is 2.71 bits per heavy atom. The molecule has 1 atom stereocenters. The maximum atomic E-state index is 13.1. The zero-order valence-corrected chi connectivity index (χ0v) is 18.5. The van der Waals surface area contributed by atoms with E-state index >= 15 is 0 Å². The number of ether oxygens (including phenoxy) is 1. The van der Waals surface area contributed by atoms with E-state index in [1.165, 1.54) is 0 Å². The number of aromatic nitrogens is 2. The molecule has 1 aliphatic heterocycles. The van der Waals surface area contributed by atoms with Crippen LogP contribution in [-0.4, -0.2) is 35.6 Å². The van der Waals surface area contributed by atoms with Gasteiger partial charge < -0.3 is 15.0 Å². The van der Waals surface area contributed by atoms with E-state index in [2.05, 4.69) is 23.2 Å². The number of rotatable bonds is 6. The van der Waals surface area contributed by atoms with Crippen molar-refractivity contribution in [1.29, 1.82) is 0 Å². The lowest BCUT2D eigenvalue weighted by molar-refractivity contribution is -0.120. The van der Waals surface area contributed by atoms with Gasteiger partial charge >= 0.3 is 0 Å². The Morgan fingerprint density at radius 2 is 1.94 bits per heavy atom. The second kappa shape index (κ2) is 9.33. The fourth-order valence-corrected chi connectivity index (χ4v) is 3.96. The number of aryl methyl sites for hydroxylation is 2. The van der Waals surface area contributed by atoms with Crippen LogP contribution < -0.4 is 15.0 Å². The Kier molecular flexibility index (Phi) is 6.35. The van der Waals surface area contributed by atoms with Crippen molar-refractivity contribution in [3.63, 3.8) is 0 Å². The molecule has 0 saturated carbocycles. The molecule has 2 heterocycles. The van der Waals surface area contributed by atoms with Gasteiger partial charge in [0.1, 0.15) is 0 Å². The zero-order chi connectivity index (χ0) is 21.8. The standard InChI is InChI=1S/C25H30N4O2/c1-4-14-31-25-23(26-20-9-5-6-10-21(20)28-25)29-13-7-8-19(16-29)24(30)27-22-15-17(2)11-12-18(22)3/h5-6,9-12,15,19H,4,7-8,13-14,16H2,1-3H3,(H,27,30). The molecular formula is C25H30N4O2. The predicted molar refractivity (Wildman–Crippen MR) is 125 cm³/mol. The Balaban J connectivity index is 1.57. The van der Waals surface area contributed by atoms with Crippen LogP contribution in [0.1, 0.15) is 37.3 Å². The van der Waals surface area contributed by atoms with Crippen LogP contribution in [-0.2, 0) is 4.79 Å². The van der Waals surface area contributed by atoms with Crippen molar-refractivity contribution >= 4 is 28.4 Å². The highest BCUT2D eigenvalue weighted by molar-refractivity contribution is 5.94. The van der Waals surface area contributed by atoms with E-state index in [-0.39, 0.29) is 11.8 Å². The molecule has 1 amide bonds. The Morgan fingerprint density at radius 1 is 1.16 bits per heavy atom. The molecule has 3 aromatic rings. The van der Waals surface area contributed by atoms with Crippen LogP contribution in [0.3, 0.4) is 0 Å². The van der Waals surface area contributed by atoms with Crippen LogP contribution in [0.5, 0.6) is 5.88 Å². The van der Waals surface area contributed by atoms with Gasteiger partial charge in [-0.2, -0.15) is 0 Å². The maximum Gasteiger partial charge on any atom is 0.258 e. The van der Waals surface area contributed by atoms with Crippen LogP contribution in [0.15, 0.2) is 42.5 Å². The lowest BCUT2D eigenvalue weighted by atomic mass is 9.96. The van der Waals surface area contributed by atoms with Crippen LogP contribution in [0.25, 0.3) is 11.0 Å². The van der Waals surface area contributed by atoms with Crippen LogP contribution >= 0.6 is 0 Å². The van der Waals surface area contributed by atoms with Crippen molar-refractivity contribution in [2.45, 2.75) is 40.0 Å². The molecule has 1 aromatic heterocycles. The quantitative estimate of drug-likeness (QED) is 0.617. The summed E-state index contributed by atoms with van der Waals surface area (Å²) in [7, 11) is 0. The predicted octanol–water partition coefficient (Wildman–Crippen LogP) is 4.89. The monoisotopic (exact) mass is 418 g/mol. The second-order valence-corrected chi connectivity index (χ2v) is 8.28. The normalized spacial score (nSPS) is 16.4. The lowest BCUT2D eigenvalue weighted by Gasteiger charge is -2.33. The molecule has 2 aromatic carbocycles. The second-order valence-electron chi connectivity index (χ2n) is 8.28. The molecular weight excluding hydrogens is 388 g/mol. The lowest BCUT2D eigenvalue weighted by Crippen LogP contribution is -2.41. The van der Waals surface area contributed by atoms with E-state index in [9.17, 15) is 4.79 Å². The van der Waals surface area contributed by atoms with Crippen molar-refractivity contribution in [3.8, 4) is 5.88 Å². The molecule has 162 valence electrons. The summed E-state index contributed by atoms with van der Waals surface area (Å²) in [4.78, 5) is 24.8. The van der Waals surface area contributed by atoms with Gasteiger partial charge in [-0.05, 0) is 62.4 Å². The van der Waals surface area contributed by atoms with Gasteiger partial charge in [0.05, 0.1) is 23.6 Å². The number of anilines is 2. The van der Waals surface area contributed by atoms with Crippen molar-refractivity contribution in [2.24, 2.45) is 5.92 Å². The summed E-state index contributed by atoms with van der Waals surface area (Å²) in [6.45, 7) is 8.15. The van der Waals surface area contributed by atoms with Crippen molar-refractivity contribution in [2.75, 3.05) is 29.9 Å². The Bertz CT molecular complexity index is 1080. The zero-order valence-electron chi connectivity index (χ0n) is 18.5. The number of piperidine rings is 1. The first-order chi connectivity index (χ1) is 15.0. The van der Waals surface area contributed by atoms with Gasteiger partial charge in [-0.25, -0.2) is 9.97 Å². The number of fused-ring (bicyclic) bond motifs is 1. The third kappa shape index (κ3) is 4.79. The highest BCUT2D eigenvalue weighted by Crippen LogP contribution is 2.31. The van der Waals surface area contributed by atoms with Gasteiger partial charge in [-0.1, -0.05) is 31.2 Å². The first kappa shape index (κ1) is 21.1. The first-order valence-corrected chi connectivity index (χ1v) is 11.1. The molecule has 1 aliphatic rings. The van der Waals surface area contributed by atoms with E-state index < -0.39 is 0 Å². The molecule has 6 nitrogen and oxygen atoms in total. The van der Waals surface area contributed by atoms with Gasteiger partial charge in [-0.3, -0.25) is 4.79 Å². The molecule has 0 spiro atoms. The smallest absolute Gasteiger partial charge is 0.258 e. The number of hydrogen-bond donors (Lipinski definition) is 1. The summed E-state index contributed by atoms with van der Waals surface area (Å²) in [6.07, 6.45) is 2.68. The van der Waals surface area contributed by atoms with E-state index in [0.29, 0.717) is 19.0 Å². The average Bonchev–Trinajstić information content (AvgIpc) is 2.79. The number of carbonyl (C=O) groups excluding carboxylic acids is 1. The molecule has 1 unspecified atom stereocenters. The Labute approximate surface area is 183 Å². The summed E-state index contributed by atoms with van der Waals surface area (Å²) in [6, 6.07) is 14.0. The fraction of sp³-hybridized carbons (Fsp3) is 0.400. The molecule has 0 radical (unpaired) electrons. The molecule has 0 bridgehead atoms. The number of nitrogens with one attached hydrogen (secondary N) is 1. The summed E-state index contributed by atoms with van der Waals surface area (Å²) in [5, 5.41) is 3.14. The molecule has 4 rings (SSSR count). The highest BCUT2D eigenvalue weighted by atomic mass is 16.5. The van der Waals surface area contributed by atoms with Crippen LogP contribution in [0, 0.1) is 19.8 Å². The number of benzene rings is 2. The SMILES string of the molecule is CCCOc1nc2ccccc2nc1N1CCCC(C(=O)Nc2cc(C)ccc2C)C1. The number of para-hydroxylation sites is 2. The number of hydrogen-bond acceptors (Lipinski definition) is 5. The van der Waals surface area contributed by atoms with Crippen LogP contribution in [0.2, 0.25) is 0 Å². The number of amides is 1. The summed E-state index contributed by atoms with van der Waals surface area (Å²) in [5.74, 6) is 1.23. The van der Waals surface area contributed by atoms with Crippen LogP contribution in [0.4, 0.5) is 11.5 Å². The maximum absolute atomic E-state index is 13.1. The van der Waals surface area contributed by atoms with E-state index in [1.807, 2.05) is 50.2 Å². The van der Waals surface area contributed by atoms with Crippen molar-refractivity contribution < 1.29 is 9.53 Å². The molecule has 31 heavy (non-hydrogen) atoms. The average molecular weight is 419 g/mol. The topological polar surface area (TPSA) is 67.4 Å². The molecule has 1 saturated heterocycles. The molecule has 6 heteroatoms. The van der Waals surface area contributed by atoms with Gasteiger partial charge in [0, 0.05) is 18.8 Å².